The molecule has 0 unspecified atom stereocenters. The molecule has 0 spiro atoms. The van der Waals surface area contributed by atoms with Gasteiger partial charge in [0.1, 0.15) is 26.2 Å². The molecule has 0 bridgehead atoms. The zero-order chi connectivity index (χ0) is 19.7. The topological polar surface area (TPSA) is 0 Å². The average Bonchev–Trinajstić information content (AvgIpc) is 3.34. The third-order valence-corrected chi connectivity index (χ3v) is 6.06. The van der Waals surface area contributed by atoms with E-state index in [0.29, 0.717) is 0 Å². The minimum atomic E-state index is 0.795. The zero-order valence-corrected chi connectivity index (χ0v) is 16.8. The molecule has 142 valence electrons. The number of hydrogen-bond acceptors (Lipinski definition) is 0. The number of rotatable bonds is 4. The van der Waals surface area contributed by atoms with Crippen LogP contribution < -0.4 is 0 Å². The lowest BCUT2D eigenvalue weighted by molar-refractivity contribution is -0.903. The number of terminal acetylenes is 2. The van der Waals surface area contributed by atoms with E-state index < -0.39 is 0 Å². The van der Waals surface area contributed by atoms with E-state index in [1.807, 2.05) is 0 Å². The molecule has 0 saturated carbocycles. The van der Waals surface area contributed by atoms with Crippen molar-refractivity contribution in [2.24, 2.45) is 0 Å². The van der Waals surface area contributed by atoms with E-state index in [1.165, 1.54) is 25.7 Å². The van der Waals surface area contributed by atoms with E-state index in [4.69, 9.17) is 12.8 Å². The van der Waals surface area contributed by atoms with Gasteiger partial charge < -0.3 is 8.97 Å². The SMILES string of the molecule is C#CC[N+]1(CC#Cc2ccc(C#CC[N+]3(CC#C)CCCC3)cc2)CCCC1. The molecule has 0 amide bonds. The largest absolute Gasteiger partial charge is 0.303 e. The molecule has 2 nitrogen and oxygen atoms in total. The van der Waals surface area contributed by atoms with Gasteiger partial charge >= 0.3 is 0 Å². The smallest absolute Gasteiger partial charge is 0.142 e. The Morgan fingerprint density at radius 1 is 0.607 bits per heavy atom. The van der Waals surface area contributed by atoms with Crippen molar-refractivity contribution in [2.45, 2.75) is 25.7 Å². The van der Waals surface area contributed by atoms with Crippen LogP contribution in [-0.2, 0) is 0 Å². The Kier molecular flexibility index (Phi) is 6.85. The van der Waals surface area contributed by atoms with Crippen LogP contribution >= 0.6 is 0 Å². The first-order valence-corrected chi connectivity index (χ1v) is 10.3. The normalized spacial score (nSPS) is 18.8. The fourth-order valence-electron chi connectivity index (χ4n) is 4.40. The van der Waals surface area contributed by atoms with Crippen LogP contribution in [0.25, 0.3) is 0 Å². The van der Waals surface area contributed by atoms with E-state index in [0.717, 1.165) is 72.5 Å². The van der Waals surface area contributed by atoms with Gasteiger partial charge in [0.15, 0.2) is 0 Å². The highest BCUT2D eigenvalue weighted by Gasteiger charge is 2.30. The molecule has 28 heavy (non-hydrogen) atoms. The lowest BCUT2D eigenvalue weighted by Crippen LogP contribution is -2.45. The third-order valence-electron chi connectivity index (χ3n) is 6.06. The minimum Gasteiger partial charge on any atom is -0.303 e. The van der Waals surface area contributed by atoms with Crippen LogP contribution in [0.15, 0.2) is 24.3 Å². The van der Waals surface area contributed by atoms with Gasteiger partial charge in [-0.25, -0.2) is 0 Å². The summed E-state index contributed by atoms with van der Waals surface area (Å²) < 4.78 is 1.93. The number of nitrogens with zero attached hydrogens (tertiary/aromatic N) is 2. The number of hydrogen-bond donors (Lipinski definition) is 0. The lowest BCUT2D eigenvalue weighted by Gasteiger charge is -2.29. The Hall–Kier alpha value is -2.62. The van der Waals surface area contributed by atoms with E-state index in [1.54, 1.807) is 0 Å². The van der Waals surface area contributed by atoms with Crippen molar-refractivity contribution in [1.29, 1.82) is 0 Å². The van der Waals surface area contributed by atoms with Crippen molar-refractivity contribution in [3.05, 3.63) is 35.4 Å². The molecule has 0 aliphatic carbocycles. The number of benzene rings is 1. The second-order valence-electron chi connectivity index (χ2n) is 8.21. The van der Waals surface area contributed by atoms with Crippen LogP contribution in [0.3, 0.4) is 0 Å². The lowest BCUT2D eigenvalue weighted by atomic mass is 10.1. The Balaban J connectivity index is 1.58. The highest BCUT2D eigenvalue weighted by Crippen LogP contribution is 2.19. The highest BCUT2D eigenvalue weighted by molar-refractivity contribution is 5.42. The molecule has 0 radical (unpaired) electrons. The summed E-state index contributed by atoms with van der Waals surface area (Å²) in [5, 5.41) is 0. The molecule has 2 heteroatoms. The van der Waals surface area contributed by atoms with E-state index in [9.17, 15) is 0 Å². The van der Waals surface area contributed by atoms with E-state index in [-0.39, 0.29) is 0 Å². The molecule has 2 aliphatic rings. The second-order valence-corrected chi connectivity index (χ2v) is 8.21. The summed E-state index contributed by atoms with van der Waals surface area (Å²) in [7, 11) is 0. The van der Waals surface area contributed by atoms with Crippen LogP contribution in [0.2, 0.25) is 0 Å². The molecule has 2 heterocycles. The first-order valence-electron chi connectivity index (χ1n) is 10.3. The van der Waals surface area contributed by atoms with E-state index >= 15 is 0 Å². The summed E-state index contributed by atoms with van der Waals surface area (Å²) in [6.45, 7) is 7.92. The maximum atomic E-state index is 5.56. The predicted molar refractivity (Wildman–Crippen MR) is 116 cm³/mol. The minimum absolute atomic E-state index is 0.795. The Morgan fingerprint density at radius 2 is 0.964 bits per heavy atom. The molecule has 0 aromatic heterocycles. The maximum absolute atomic E-state index is 5.56. The summed E-state index contributed by atoms with van der Waals surface area (Å²) >= 11 is 0. The molecular weight excluding hydrogens is 340 g/mol. The van der Waals surface area contributed by atoms with Crippen LogP contribution in [0.1, 0.15) is 36.8 Å². The molecular formula is C26H30N2+2. The summed E-state index contributed by atoms with van der Waals surface area (Å²) in [6, 6.07) is 8.25. The van der Waals surface area contributed by atoms with Crippen molar-refractivity contribution >= 4 is 0 Å². The van der Waals surface area contributed by atoms with Gasteiger partial charge in [-0.05, 0) is 47.9 Å². The maximum Gasteiger partial charge on any atom is 0.142 e. The van der Waals surface area contributed by atoms with Gasteiger partial charge in [0, 0.05) is 36.8 Å². The molecule has 1 aromatic rings. The monoisotopic (exact) mass is 370 g/mol. The molecule has 0 atom stereocenters. The van der Waals surface area contributed by atoms with Gasteiger partial charge in [-0.15, -0.1) is 12.8 Å². The van der Waals surface area contributed by atoms with Gasteiger partial charge in [0.2, 0.25) is 0 Å². The molecule has 0 N–H and O–H groups in total. The first-order chi connectivity index (χ1) is 13.7. The van der Waals surface area contributed by atoms with E-state index in [2.05, 4.69) is 59.8 Å². The van der Waals surface area contributed by atoms with Gasteiger partial charge in [-0.1, -0.05) is 11.8 Å². The van der Waals surface area contributed by atoms with Crippen molar-refractivity contribution < 1.29 is 8.97 Å². The molecule has 2 aliphatic heterocycles. The quantitative estimate of drug-likeness (QED) is 0.565. The van der Waals surface area contributed by atoms with Crippen molar-refractivity contribution in [3.8, 4) is 48.4 Å². The summed E-state index contributed by atoms with van der Waals surface area (Å²) in [5.74, 6) is 19.0. The second kappa shape index (κ2) is 9.54. The van der Waals surface area contributed by atoms with Gasteiger partial charge in [-0.2, -0.15) is 0 Å². The predicted octanol–water partition coefficient (Wildman–Crippen LogP) is 2.88. The average molecular weight is 371 g/mol. The van der Waals surface area contributed by atoms with Crippen LogP contribution in [0, 0.1) is 48.4 Å². The van der Waals surface area contributed by atoms with Gasteiger partial charge in [0.05, 0.1) is 26.2 Å². The summed E-state index contributed by atoms with van der Waals surface area (Å²) in [6.07, 6.45) is 16.2. The Bertz CT molecular complexity index is 784. The number of likely N-dealkylation sites (tertiary alicyclic amines) is 2. The fourth-order valence-corrected chi connectivity index (χ4v) is 4.40. The Morgan fingerprint density at radius 3 is 1.29 bits per heavy atom. The zero-order valence-electron chi connectivity index (χ0n) is 16.8. The van der Waals surface area contributed by atoms with Crippen LogP contribution in [0.4, 0.5) is 0 Å². The summed E-state index contributed by atoms with van der Waals surface area (Å²) in [5.41, 5.74) is 2.08. The third kappa shape index (κ3) is 5.22. The van der Waals surface area contributed by atoms with Crippen molar-refractivity contribution in [1.82, 2.24) is 0 Å². The Labute approximate surface area is 171 Å². The van der Waals surface area contributed by atoms with Gasteiger partial charge in [-0.3, -0.25) is 0 Å². The highest BCUT2D eigenvalue weighted by atomic mass is 15.4. The standard InChI is InChI=1S/C26H30N2/c1-3-17-27(19-5-6-20-27)23-9-11-25-13-15-26(16-14-25)12-10-24-28(18-4-2)21-7-8-22-28/h1-2,13-16H,5-8,17-24H2/q+2. The van der Waals surface area contributed by atoms with Gasteiger partial charge in [0.25, 0.3) is 0 Å². The van der Waals surface area contributed by atoms with Crippen LogP contribution in [0.5, 0.6) is 0 Å². The van der Waals surface area contributed by atoms with Crippen LogP contribution in [-0.4, -0.2) is 61.3 Å². The first kappa shape index (κ1) is 20.1. The fraction of sp³-hybridized carbons (Fsp3) is 0.462. The van der Waals surface area contributed by atoms with Crippen molar-refractivity contribution in [2.75, 3.05) is 52.4 Å². The molecule has 3 rings (SSSR count). The summed E-state index contributed by atoms with van der Waals surface area (Å²) in [4.78, 5) is 0. The van der Waals surface area contributed by atoms with Crippen molar-refractivity contribution in [3.63, 3.8) is 0 Å². The number of quaternary nitrogens is 2. The molecule has 2 saturated heterocycles. The molecule has 2 fully saturated rings. The molecule has 1 aromatic carbocycles.